The van der Waals surface area contributed by atoms with Crippen LogP contribution in [0.15, 0.2) is 175 Å². The minimum Gasteiger partial charge on any atom is -0.346 e. The quantitative estimate of drug-likeness (QED) is 0.0286. The Kier molecular flexibility index (Phi) is 18.8. The van der Waals surface area contributed by atoms with Crippen LogP contribution in [0.3, 0.4) is 0 Å². The largest absolute Gasteiger partial charge is 0.346 e. The predicted molar refractivity (Wildman–Crippen MR) is 350 cm³/mol. The van der Waals surface area contributed by atoms with Gasteiger partial charge in [0.1, 0.15) is 0 Å². The maximum Gasteiger partial charge on any atom is 0.275 e. The molecule has 0 bridgehead atoms. The first-order valence-corrected chi connectivity index (χ1v) is 31.3. The van der Waals surface area contributed by atoms with E-state index in [-0.39, 0.29) is 46.2 Å². The Morgan fingerprint density at radius 2 is 1.10 bits per heavy atom. The molecule has 0 saturated heterocycles. The van der Waals surface area contributed by atoms with E-state index in [1.165, 1.54) is 23.3 Å². The topological polar surface area (TPSA) is 181 Å². The second kappa shape index (κ2) is 26.2. The molecule has 0 fully saturated rings. The summed E-state index contributed by atoms with van der Waals surface area (Å²) in [5.74, 6) is -1.84. The summed E-state index contributed by atoms with van der Waals surface area (Å²) in [6.45, 7) is 25.9. The number of allylic oxidation sites excluding steroid dienone is 2. The number of aryl methyl sites for hydroxylation is 2. The number of aromatic nitrogens is 2. The van der Waals surface area contributed by atoms with E-state index in [1.807, 2.05) is 126 Å². The lowest BCUT2D eigenvalue weighted by Gasteiger charge is -2.17. The number of nitrogens with one attached hydrogen (secondary N) is 4. The van der Waals surface area contributed by atoms with Crippen LogP contribution in [0, 0.1) is 33.6 Å². The van der Waals surface area contributed by atoms with Gasteiger partial charge in [0.15, 0.2) is 0 Å². The van der Waals surface area contributed by atoms with E-state index in [0.29, 0.717) is 52.7 Å². The number of carbonyl (C=O) groups excluding carboxylic acids is 4. The number of carbonyl (C=O) groups is 4. The SMILES string of the molecule is CC=C(C=C(C)C(C)C)C(C)NC(=O)c1ccc2c(c1)c(C)c(C)n2Cc1ccc(-c2ccccc2C(=O)NS(=O)(=O)Cc2cccc(C(=O)NO)c2-c2ccc(Cn3c(C)c(C)c4cc(C(=O)NC(C)c5cccc(C(C)C)c5)ccc43)cc2)cc1. The van der Waals surface area contributed by atoms with Crippen LogP contribution in [0.1, 0.15) is 159 Å². The number of hydrogen-bond acceptors (Lipinski definition) is 7. The summed E-state index contributed by atoms with van der Waals surface area (Å²) in [5, 5.41) is 18.1. The molecule has 13 nitrogen and oxygen atoms in total. The molecular weight excluding hydrogens is 1100 g/mol. The average Bonchev–Trinajstić information content (AvgIpc) is 3.54. The van der Waals surface area contributed by atoms with Crippen molar-refractivity contribution in [3.63, 3.8) is 0 Å². The number of amides is 4. The van der Waals surface area contributed by atoms with Crippen LogP contribution in [0.5, 0.6) is 0 Å². The first-order valence-electron chi connectivity index (χ1n) is 29.6. The van der Waals surface area contributed by atoms with E-state index in [9.17, 15) is 32.8 Å². The van der Waals surface area contributed by atoms with Crippen LogP contribution in [0.4, 0.5) is 0 Å². The third-order valence-corrected chi connectivity index (χ3v) is 18.4. The standard InChI is InChI=1S/C73H78N6O7S/c1-13-54(36-45(6)43(2)3)48(9)74-70(80)59-32-34-67-65(38-59)46(7)50(11)78(67)40-52-24-28-55(29-25-52)62-21-14-15-22-63(62)73(83)77-87(85,86)42-61-20-17-23-64(72(82)76-84)69(61)56-30-26-53(27-31-56)41-79-51(12)47(8)66-39-60(33-35-68(66)79)71(81)75-49(10)58-19-16-18-57(37-58)44(4)5/h13-39,43-44,48-49,84H,40-42H2,1-12H3,(H,74,80)(H,75,81)(H,76,82)(H,77,83). The Labute approximate surface area is 511 Å². The molecule has 9 aromatic rings. The molecule has 0 spiro atoms. The van der Waals surface area contributed by atoms with E-state index < -0.39 is 27.6 Å². The van der Waals surface area contributed by atoms with Gasteiger partial charge in [-0.2, -0.15) is 0 Å². The first kappa shape index (κ1) is 62.4. The van der Waals surface area contributed by atoms with Gasteiger partial charge < -0.3 is 19.8 Å². The summed E-state index contributed by atoms with van der Waals surface area (Å²) in [7, 11) is -4.40. The zero-order valence-corrected chi connectivity index (χ0v) is 52.5. The Morgan fingerprint density at radius 1 is 0.575 bits per heavy atom. The number of rotatable bonds is 20. The molecular formula is C73H78N6O7S. The lowest BCUT2D eigenvalue weighted by Crippen LogP contribution is -2.33. The van der Waals surface area contributed by atoms with Crippen molar-refractivity contribution in [3.05, 3.63) is 248 Å². The van der Waals surface area contributed by atoms with Gasteiger partial charge >= 0.3 is 0 Å². The summed E-state index contributed by atoms with van der Waals surface area (Å²) in [5.41, 5.74) is 18.0. The second-order valence-corrected chi connectivity index (χ2v) is 25.2. The van der Waals surface area contributed by atoms with Gasteiger partial charge in [-0.1, -0.05) is 149 Å². The van der Waals surface area contributed by atoms with Crippen molar-refractivity contribution < 1.29 is 32.8 Å². The molecule has 2 heterocycles. The van der Waals surface area contributed by atoms with Gasteiger partial charge in [0.2, 0.25) is 10.0 Å². The number of fused-ring (bicyclic) bond motifs is 2. The first-order chi connectivity index (χ1) is 41.5. The molecule has 2 atom stereocenters. The van der Waals surface area contributed by atoms with E-state index >= 15 is 0 Å². The minimum absolute atomic E-state index is 0.0395. The normalized spacial score (nSPS) is 12.9. The third-order valence-electron chi connectivity index (χ3n) is 17.2. The van der Waals surface area contributed by atoms with Crippen molar-refractivity contribution in [2.45, 2.75) is 120 Å². The van der Waals surface area contributed by atoms with Crippen LogP contribution in [0.2, 0.25) is 0 Å². The van der Waals surface area contributed by atoms with Gasteiger partial charge in [-0.3, -0.25) is 24.4 Å². The van der Waals surface area contributed by atoms with Crippen molar-refractivity contribution in [3.8, 4) is 22.3 Å². The molecule has 0 radical (unpaired) electrons. The van der Waals surface area contributed by atoms with Gasteiger partial charge in [-0.05, 0) is 183 Å². The lowest BCUT2D eigenvalue weighted by molar-refractivity contribution is 0.0706. The molecule has 0 aliphatic carbocycles. The maximum absolute atomic E-state index is 14.1. The molecule has 0 aliphatic heterocycles. The Bertz CT molecular complexity index is 4300. The van der Waals surface area contributed by atoms with Crippen LogP contribution >= 0.6 is 0 Å². The Hall–Kier alpha value is -9.11. The summed E-state index contributed by atoms with van der Waals surface area (Å²) in [6.07, 6.45) is 4.19. The highest BCUT2D eigenvalue weighted by atomic mass is 32.2. The summed E-state index contributed by atoms with van der Waals surface area (Å²) >= 11 is 0. The van der Waals surface area contributed by atoms with Gasteiger partial charge in [0, 0.05) is 68.5 Å². The fourth-order valence-corrected chi connectivity index (χ4v) is 12.5. The van der Waals surface area contributed by atoms with Crippen molar-refractivity contribution in [2.24, 2.45) is 5.92 Å². The number of sulfonamides is 1. The molecule has 0 saturated carbocycles. The summed E-state index contributed by atoms with van der Waals surface area (Å²) < 4.78 is 35.0. The van der Waals surface area contributed by atoms with E-state index in [0.717, 1.165) is 66.6 Å². The van der Waals surface area contributed by atoms with Crippen LogP contribution in [-0.2, 0) is 28.9 Å². The zero-order valence-electron chi connectivity index (χ0n) is 51.7. The van der Waals surface area contributed by atoms with Gasteiger partial charge in [-0.15, -0.1) is 0 Å². The Morgan fingerprint density at radius 3 is 1.66 bits per heavy atom. The van der Waals surface area contributed by atoms with Crippen LogP contribution in [-0.4, -0.2) is 52.4 Å². The molecule has 9 rings (SSSR count). The molecule has 4 amide bonds. The molecule has 14 heteroatoms. The predicted octanol–water partition coefficient (Wildman–Crippen LogP) is 14.9. The second-order valence-electron chi connectivity index (χ2n) is 23.5. The number of nitrogens with zero attached hydrogens (tertiary/aromatic N) is 2. The lowest BCUT2D eigenvalue weighted by atomic mass is 9.94. The zero-order chi connectivity index (χ0) is 62.6. The highest BCUT2D eigenvalue weighted by Crippen LogP contribution is 2.34. The molecule has 5 N–H and O–H groups in total. The minimum atomic E-state index is -4.40. The van der Waals surface area contributed by atoms with E-state index in [1.54, 1.807) is 47.9 Å². The maximum atomic E-state index is 14.1. The van der Waals surface area contributed by atoms with Crippen molar-refractivity contribution in [2.75, 3.05) is 0 Å². The molecule has 7 aromatic carbocycles. The molecule has 2 unspecified atom stereocenters. The van der Waals surface area contributed by atoms with Crippen LogP contribution in [0.25, 0.3) is 44.1 Å². The average molecular weight is 1180 g/mol. The third kappa shape index (κ3) is 13.6. The smallest absolute Gasteiger partial charge is 0.275 e. The number of hydroxylamine groups is 1. The Balaban J connectivity index is 0.888. The monoisotopic (exact) mass is 1180 g/mol. The molecule has 87 heavy (non-hydrogen) atoms. The fourth-order valence-electron chi connectivity index (χ4n) is 11.4. The van der Waals surface area contributed by atoms with E-state index in [2.05, 4.69) is 91.2 Å². The highest BCUT2D eigenvalue weighted by molar-refractivity contribution is 7.89. The highest BCUT2D eigenvalue weighted by Gasteiger charge is 2.25. The van der Waals surface area contributed by atoms with Crippen LogP contribution < -0.4 is 20.8 Å². The van der Waals surface area contributed by atoms with Crippen molar-refractivity contribution >= 4 is 55.5 Å². The van der Waals surface area contributed by atoms with Gasteiger partial charge in [0.05, 0.1) is 17.8 Å². The molecule has 2 aromatic heterocycles. The van der Waals surface area contributed by atoms with E-state index in [4.69, 9.17) is 0 Å². The van der Waals surface area contributed by atoms with Gasteiger partial charge in [-0.25, -0.2) is 18.6 Å². The van der Waals surface area contributed by atoms with Gasteiger partial charge in [0.25, 0.3) is 23.6 Å². The molecule has 0 aliphatic rings. The number of hydrogen-bond donors (Lipinski definition) is 5. The summed E-state index contributed by atoms with van der Waals surface area (Å²) in [6, 6.07) is 46.2. The number of benzene rings is 7. The fraction of sp³-hybridized carbons (Fsp3) is 0.260. The molecule has 448 valence electrons. The van der Waals surface area contributed by atoms with Crippen molar-refractivity contribution in [1.29, 1.82) is 0 Å². The summed E-state index contributed by atoms with van der Waals surface area (Å²) in [4.78, 5) is 54.6. The van der Waals surface area contributed by atoms with Crippen molar-refractivity contribution in [1.82, 2.24) is 30.0 Å².